The molecule has 1 atom stereocenters. The van der Waals surface area contributed by atoms with Crippen LogP contribution in [0.2, 0.25) is 0 Å². The van der Waals surface area contributed by atoms with Crippen LogP contribution in [0.4, 0.5) is 0 Å². The molecule has 1 fully saturated rings. The van der Waals surface area contributed by atoms with E-state index in [1.807, 2.05) is 29.3 Å². The number of thiazole rings is 1. The molecule has 1 aliphatic heterocycles. The molecule has 3 aromatic rings. The number of hydrogen-bond donors (Lipinski definition) is 0. The van der Waals surface area contributed by atoms with Gasteiger partial charge in [0.2, 0.25) is 11.8 Å². The molecule has 0 aliphatic carbocycles. The van der Waals surface area contributed by atoms with Gasteiger partial charge in [-0.15, -0.1) is 11.3 Å². The zero-order valence-corrected chi connectivity index (χ0v) is 15.6. The summed E-state index contributed by atoms with van der Waals surface area (Å²) in [6.45, 7) is 5.09. The minimum atomic E-state index is 0.0819. The van der Waals surface area contributed by atoms with Crippen molar-refractivity contribution in [2.24, 2.45) is 0 Å². The molecule has 1 saturated heterocycles. The minimum Gasteiger partial charge on any atom is -0.459 e. The predicted octanol–water partition coefficient (Wildman–Crippen LogP) is 3.35. The Labute approximate surface area is 155 Å². The van der Waals surface area contributed by atoms with Gasteiger partial charge in [0.25, 0.3) is 0 Å². The molecule has 4 rings (SSSR count). The summed E-state index contributed by atoms with van der Waals surface area (Å²) in [6, 6.07) is 3.82. The molecule has 3 aromatic heterocycles. The van der Waals surface area contributed by atoms with E-state index in [1.165, 1.54) is 11.3 Å². The van der Waals surface area contributed by atoms with Gasteiger partial charge in [0.15, 0.2) is 16.6 Å². The average molecular weight is 372 g/mol. The van der Waals surface area contributed by atoms with Crippen molar-refractivity contribution < 1.29 is 13.7 Å². The first-order valence-electron chi connectivity index (χ1n) is 8.67. The highest BCUT2D eigenvalue weighted by atomic mass is 32.1. The van der Waals surface area contributed by atoms with E-state index in [0.717, 1.165) is 41.6 Å². The normalized spacial score (nSPS) is 17.6. The molecule has 0 bridgehead atoms. The Balaban J connectivity index is 1.41. The van der Waals surface area contributed by atoms with E-state index in [0.29, 0.717) is 24.7 Å². The van der Waals surface area contributed by atoms with Crippen LogP contribution in [0.1, 0.15) is 41.9 Å². The van der Waals surface area contributed by atoms with Crippen molar-refractivity contribution in [1.29, 1.82) is 0 Å². The van der Waals surface area contributed by atoms with Gasteiger partial charge in [0, 0.05) is 18.5 Å². The first-order valence-corrected chi connectivity index (χ1v) is 9.55. The SMILES string of the molecule is Cc1noc([C@@H]2CCCN(C(=O)Cc3csc(-c4ccc(C)o4)n3)C2)n1. The fraction of sp³-hybridized carbons (Fsp3) is 0.444. The molecule has 26 heavy (non-hydrogen) atoms. The van der Waals surface area contributed by atoms with Crippen LogP contribution >= 0.6 is 11.3 Å². The van der Waals surface area contributed by atoms with Gasteiger partial charge in [-0.2, -0.15) is 4.98 Å². The lowest BCUT2D eigenvalue weighted by molar-refractivity contribution is -0.131. The number of amides is 1. The zero-order chi connectivity index (χ0) is 18.1. The maximum atomic E-state index is 12.7. The lowest BCUT2D eigenvalue weighted by atomic mass is 9.97. The first kappa shape index (κ1) is 17.0. The molecule has 0 N–H and O–H groups in total. The van der Waals surface area contributed by atoms with Crippen LogP contribution in [0, 0.1) is 13.8 Å². The Morgan fingerprint density at radius 2 is 2.23 bits per heavy atom. The molecular weight excluding hydrogens is 352 g/mol. The van der Waals surface area contributed by atoms with Crippen LogP contribution in [0.5, 0.6) is 0 Å². The monoisotopic (exact) mass is 372 g/mol. The number of aromatic nitrogens is 3. The predicted molar refractivity (Wildman–Crippen MR) is 95.8 cm³/mol. The molecule has 136 valence electrons. The Kier molecular flexibility index (Phi) is 4.58. The molecule has 1 aliphatic rings. The smallest absolute Gasteiger partial charge is 0.231 e. The van der Waals surface area contributed by atoms with Crippen molar-refractivity contribution in [1.82, 2.24) is 20.0 Å². The zero-order valence-electron chi connectivity index (χ0n) is 14.8. The van der Waals surface area contributed by atoms with Crippen LogP contribution in [0.3, 0.4) is 0 Å². The lowest BCUT2D eigenvalue weighted by Gasteiger charge is -2.30. The van der Waals surface area contributed by atoms with Gasteiger partial charge in [0.05, 0.1) is 18.0 Å². The topological polar surface area (TPSA) is 85.3 Å². The number of piperidine rings is 1. The molecular formula is C18H20N4O3S. The van der Waals surface area contributed by atoms with E-state index in [9.17, 15) is 4.79 Å². The van der Waals surface area contributed by atoms with Crippen molar-refractivity contribution in [3.63, 3.8) is 0 Å². The van der Waals surface area contributed by atoms with Gasteiger partial charge in [-0.05, 0) is 38.8 Å². The number of furan rings is 1. The van der Waals surface area contributed by atoms with Gasteiger partial charge in [0.1, 0.15) is 5.76 Å². The third kappa shape index (κ3) is 3.55. The summed E-state index contributed by atoms with van der Waals surface area (Å²) in [7, 11) is 0. The van der Waals surface area contributed by atoms with Gasteiger partial charge in [-0.3, -0.25) is 4.79 Å². The summed E-state index contributed by atoms with van der Waals surface area (Å²) >= 11 is 1.50. The first-order chi connectivity index (χ1) is 12.6. The number of likely N-dealkylation sites (tertiary alicyclic amines) is 1. The van der Waals surface area contributed by atoms with Gasteiger partial charge in [-0.1, -0.05) is 5.16 Å². The molecule has 0 spiro atoms. The summed E-state index contributed by atoms with van der Waals surface area (Å²) in [4.78, 5) is 23.4. The van der Waals surface area contributed by atoms with Crippen LogP contribution in [-0.4, -0.2) is 39.0 Å². The van der Waals surface area contributed by atoms with Gasteiger partial charge >= 0.3 is 0 Å². The standard InChI is InChI=1S/C18H20N4O3S/c1-11-5-6-15(24-11)18-20-14(10-26-18)8-16(23)22-7-3-4-13(9-22)17-19-12(2)21-25-17/h5-6,10,13H,3-4,7-9H2,1-2H3/t13-/m1/s1. The molecule has 7 nitrogen and oxygen atoms in total. The summed E-state index contributed by atoms with van der Waals surface area (Å²) < 4.78 is 10.9. The van der Waals surface area contributed by atoms with E-state index < -0.39 is 0 Å². The molecule has 0 aromatic carbocycles. The van der Waals surface area contributed by atoms with E-state index in [4.69, 9.17) is 8.94 Å². The minimum absolute atomic E-state index is 0.0819. The van der Waals surface area contributed by atoms with Crippen molar-refractivity contribution in [3.05, 3.63) is 40.7 Å². The largest absolute Gasteiger partial charge is 0.459 e. The highest BCUT2D eigenvalue weighted by molar-refractivity contribution is 7.13. The lowest BCUT2D eigenvalue weighted by Crippen LogP contribution is -2.40. The number of carbonyl (C=O) groups is 1. The van der Waals surface area contributed by atoms with Crippen LogP contribution < -0.4 is 0 Å². The van der Waals surface area contributed by atoms with E-state index in [2.05, 4.69) is 15.1 Å². The second-order valence-electron chi connectivity index (χ2n) is 6.59. The summed E-state index contributed by atoms with van der Waals surface area (Å²) in [6.07, 6.45) is 2.20. The van der Waals surface area contributed by atoms with E-state index >= 15 is 0 Å². The molecule has 0 radical (unpaired) electrons. The Hall–Kier alpha value is -2.48. The van der Waals surface area contributed by atoms with Crippen molar-refractivity contribution in [2.75, 3.05) is 13.1 Å². The van der Waals surface area contributed by atoms with Crippen LogP contribution in [-0.2, 0) is 11.2 Å². The summed E-state index contributed by atoms with van der Waals surface area (Å²) in [5.41, 5.74) is 0.778. The Morgan fingerprint density at radius 1 is 1.35 bits per heavy atom. The van der Waals surface area contributed by atoms with E-state index in [1.54, 1.807) is 6.92 Å². The molecule has 0 unspecified atom stereocenters. The highest BCUT2D eigenvalue weighted by Crippen LogP contribution is 2.28. The summed E-state index contributed by atoms with van der Waals surface area (Å²) in [5, 5.41) is 6.58. The average Bonchev–Trinajstić information content (AvgIpc) is 3.36. The maximum Gasteiger partial charge on any atom is 0.231 e. The highest BCUT2D eigenvalue weighted by Gasteiger charge is 2.28. The van der Waals surface area contributed by atoms with Crippen LogP contribution in [0.15, 0.2) is 26.5 Å². The third-order valence-corrected chi connectivity index (χ3v) is 5.41. The van der Waals surface area contributed by atoms with Crippen molar-refractivity contribution in [2.45, 2.75) is 39.0 Å². The number of rotatable bonds is 4. The van der Waals surface area contributed by atoms with Crippen molar-refractivity contribution >= 4 is 17.2 Å². The fourth-order valence-electron chi connectivity index (χ4n) is 3.20. The molecule has 4 heterocycles. The second kappa shape index (κ2) is 7.03. The number of nitrogens with zero attached hydrogens (tertiary/aromatic N) is 4. The van der Waals surface area contributed by atoms with Crippen molar-refractivity contribution in [3.8, 4) is 10.8 Å². The molecule has 1 amide bonds. The molecule has 8 heteroatoms. The molecule has 0 saturated carbocycles. The second-order valence-corrected chi connectivity index (χ2v) is 7.45. The fourth-order valence-corrected chi connectivity index (χ4v) is 3.98. The number of hydrogen-bond acceptors (Lipinski definition) is 7. The number of carbonyl (C=O) groups excluding carboxylic acids is 1. The van der Waals surface area contributed by atoms with Gasteiger partial charge < -0.3 is 13.8 Å². The Morgan fingerprint density at radius 3 is 2.96 bits per heavy atom. The maximum absolute atomic E-state index is 12.7. The summed E-state index contributed by atoms with van der Waals surface area (Å²) in [5.74, 6) is 3.06. The van der Waals surface area contributed by atoms with Gasteiger partial charge in [-0.25, -0.2) is 4.98 Å². The van der Waals surface area contributed by atoms with E-state index in [-0.39, 0.29) is 11.8 Å². The third-order valence-electron chi connectivity index (χ3n) is 4.50. The quantitative estimate of drug-likeness (QED) is 0.698. The number of aryl methyl sites for hydroxylation is 2. The Bertz CT molecular complexity index is 913. The van der Waals surface area contributed by atoms with Crippen LogP contribution in [0.25, 0.3) is 10.8 Å².